The number of aryl methyl sites for hydroxylation is 1. The van der Waals surface area contributed by atoms with Crippen LogP contribution in [0.25, 0.3) is 0 Å². The zero-order valence-corrected chi connectivity index (χ0v) is 21.4. The Labute approximate surface area is 218 Å². The fraction of sp³-hybridized carbons (Fsp3) is 0.304. The molecule has 8 nitrogen and oxygen atoms in total. The summed E-state index contributed by atoms with van der Waals surface area (Å²) >= 11 is 0.771. The molecule has 0 atom stereocenters. The lowest BCUT2D eigenvalue weighted by Gasteiger charge is -2.31. The van der Waals surface area contributed by atoms with Gasteiger partial charge in [0.05, 0.1) is 11.2 Å². The first-order chi connectivity index (χ1) is 17.9. The molecule has 0 bridgehead atoms. The van der Waals surface area contributed by atoms with E-state index in [1.165, 1.54) is 0 Å². The summed E-state index contributed by atoms with van der Waals surface area (Å²) in [6.07, 6.45) is -4.46. The van der Waals surface area contributed by atoms with Crippen molar-refractivity contribution >= 4 is 38.8 Å². The zero-order chi connectivity index (χ0) is 27.7. The highest BCUT2D eigenvalue weighted by Crippen LogP contribution is 2.33. The Hall–Kier alpha value is -3.30. The van der Waals surface area contributed by atoms with Gasteiger partial charge in [0.15, 0.2) is 17.5 Å². The standard InChI is InChI=1S/C23H21F5N4O4S2/c1-14-9-17(29-10-15-5-2-3-6-16(15)11-31-7-4-8-31)19(24)20(25)21(14)38(34,35)32(18-12-37-13-30-18)36-22(33)23(26,27)28/h2-3,5-6,9,12-13,29H,4,7-8,10-11H2,1H3. The quantitative estimate of drug-likeness (QED) is 0.290. The van der Waals surface area contributed by atoms with Crippen molar-refractivity contribution in [3.05, 3.63) is 69.5 Å². The summed E-state index contributed by atoms with van der Waals surface area (Å²) in [5, 5.41) is 3.72. The van der Waals surface area contributed by atoms with Gasteiger partial charge in [0.25, 0.3) is 10.0 Å². The van der Waals surface area contributed by atoms with E-state index in [9.17, 15) is 26.4 Å². The molecule has 0 amide bonds. The Kier molecular flexibility index (Phi) is 7.90. The highest BCUT2D eigenvalue weighted by molar-refractivity contribution is 7.92. The summed E-state index contributed by atoms with van der Waals surface area (Å²) in [6.45, 7) is 3.84. The summed E-state index contributed by atoms with van der Waals surface area (Å²) in [6, 6.07) is 8.41. The molecule has 2 aromatic carbocycles. The van der Waals surface area contributed by atoms with E-state index < -0.39 is 49.0 Å². The maximum absolute atomic E-state index is 15.2. The molecule has 0 aliphatic carbocycles. The number of carbonyl (C=O) groups excluding carboxylic acids is 1. The molecule has 1 aliphatic rings. The number of hydrogen-bond acceptors (Lipinski definition) is 8. The van der Waals surface area contributed by atoms with E-state index in [1.807, 2.05) is 18.2 Å². The van der Waals surface area contributed by atoms with E-state index in [2.05, 4.69) is 20.0 Å². The molecular weight excluding hydrogens is 555 g/mol. The molecule has 0 unspecified atom stereocenters. The maximum atomic E-state index is 15.2. The Morgan fingerprint density at radius 1 is 1.18 bits per heavy atom. The lowest BCUT2D eigenvalue weighted by atomic mass is 10.0. The summed E-state index contributed by atoms with van der Waals surface area (Å²) in [5.41, 5.74) is 2.16. The normalized spacial score (nSPS) is 14.2. The number of alkyl halides is 3. The second-order valence-electron chi connectivity index (χ2n) is 8.41. The molecule has 1 aliphatic heterocycles. The Morgan fingerprint density at radius 3 is 2.45 bits per heavy atom. The largest absolute Gasteiger partial charge is 0.493 e. The summed E-state index contributed by atoms with van der Waals surface area (Å²) in [4.78, 5) is 19.9. The van der Waals surface area contributed by atoms with Crippen molar-refractivity contribution in [1.29, 1.82) is 0 Å². The van der Waals surface area contributed by atoms with Crippen molar-refractivity contribution in [2.45, 2.75) is 37.5 Å². The van der Waals surface area contributed by atoms with E-state index in [0.29, 0.717) is 6.54 Å². The second-order valence-corrected chi connectivity index (χ2v) is 10.8. The van der Waals surface area contributed by atoms with Gasteiger partial charge < -0.3 is 10.2 Å². The van der Waals surface area contributed by atoms with E-state index in [1.54, 1.807) is 6.07 Å². The first-order valence-corrected chi connectivity index (χ1v) is 13.5. The van der Waals surface area contributed by atoms with Gasteiger partial charge in [-0.25, -0.2) is 18.6 Å². The smallest absolute Gasteiger partial charge is 0.378 e. The molecule has 1 aromatic heterocycles. The lowest BCUT2D eigenvalue weighted by Crippen LogP contribution is -2.39. The average Bonchev–Trinajstić information content (AvgIpc) is 3.35. The van der Waals surface area contributed by atoms with Crippen molar-refractivity contribution in [2.75, 3.05) is 22.9 Å². The van der Waals surface area contributed by atoms with Gasteiger partial charge in [-0.2, -0.15) is 21.6 Å². The number of anilines is 2. The minimum absolute atomic E-state index is 0.0973. The second kappa shape index (κ2) is 10.8. The van der Waals surface area contributed by atoms with Crippen LogP contribution in [0.3, 0.4) is 0 Å². The van der Waals surface area contributed by atoms with Gasteiger partial charge in [0.2, 0.25) is 0 Å². The molecule has 204 valence electrons. The van der Waals surface area contributed by atoms with Crippen LogP contribution in [0.2, 0.25) is 0 Å². The Bertz CT molecular complexity index is 1430. The number of aromatic nitrogens is 1. The molecule has 1 N–H and O–H groups in total. The topological polar surface area (TPSA) is 91.8 Å². The first kappa shape index (κ1) is 27.7. The fourth-order valence-electron chi connectivity index (χ4n) is 3.76. The summed E-state index contributed by atoms with van der Waals surface area (Å²) < 4.78 is 94.6. The number of sulfonamides is 1. The van der Waals surface area contributed by atoms with Crippen molar-refractivity contribution < 1.29 is 40.0 Å². The number of halogens is 5. The first-order valence-electron chi connectivity index (χ1n) is 11.1. The fourth-order valence-corrected chi connectivity index (χ4v) is 5.80. The predicted octanol–water partition coefficient (Wildman–Crippen LogP) is 4.76. The van der Waals surface area contributed by atoms with Crippen molar-refractivity contribution in [3.63, 3.8) is 0 Å². The van der Waals surface area contributed by atoms with Crippen LogP contribution in [0.1, 0.15) is 23.1 Å². The van der Waals surface area contributed by atoms with Crippen LogP contribution in [0.15, 0.2) is 46.1 Å². The molecule has 2 heterocycles. The lowest BCUT2D eigenvalue weighted by molar-refractivity contribution is -0.199. The summed E-state index contributed by atoms with van der Waals surface area (Å²) in [7, 11) is -5.38. The van der Waals surface area contributed by atoms with Gasteiger partial charge in [0.1, 0.15) is 4.90 Å². The Balaban J connectivity index is 1.64. The third kappa shape index (κ3) is 5.73. The molecule has 4 rings (SSSR count). The van der Waals surface area contributed by atoms with Crippen LogP contribution >= 0.6 is 11.3 Å². The number of nitrogens with zero attached hydrogens (tertiary/aromatic N) is 3. The number of carbonyl (C=O) groups is 1. The highest BCUT2D eigenvalue weighted by Gasteiger charge is 2.46. The van der Waals surface area contributed by atoms with Crippen LogP contribution in [-0.4, -0.2) is 43.5 Å². The van der Waals surface area contributed by atoms with Gasteiger partial charge in [-0.1, -0.05) is 28.7 Å². The van der Waals surface area contributed by atoms with E-state index in [-0.39, 0.29) is 17.8 Å². The van der Waals surface area contributed by atoms with Crippen LogP contribution < -0.4 is 9.79 Å². The minimum atomic E-state index is -5.57. The third-order valence-electron chi connectivity index (χ3n) is 5.76. The van der Waals surface area contributed by atoms with E-state index in [0.717, 1.165) is 65.9 Å². The highest BCUT2D eigenvalue weighted by atomic mass is 32.2. The molecule has 1 saturated heterocycles. The van der Waals surface area contributed by atoms with Gasteiger partial charge in [-0.15, -0.1) is 11.3 Å². The van der Waals surface area contributed by atoms with Crippen LogP contribution in [0.5, 0.6) is 0 Å². The van der Waals surface area contributed by atoms with Gasteiger partial charge in [-0.3, -0.25) is 4.90 Å². The molecular formula is C23H21F5N4O4S2. The predicted molar refractivity (Wildman–Crippen MR) is 129 cm³/mol. The number of hydrogen-bond donors (Lipinski definition) is 1. The molecule has 38 heavy (non-hydrogen) atoms. The van der Waals surface area contributed by atoms with Crippen molar-refractivity contribution in [3.8, 4) is 0 Å². The number of likely N-dealkylation sites (tertiary alicyclic amines) is 1. The molecule has 15 heteroatoms. The van der Waals surface area contributed by atoms with Crippen LogP contribution in [-0.2, 0) is 32.7 Å². The number of nitrogens with one attached hydrogen (secondary N) is 1. The number of thiazole rings is 1. The third-order valence-corrected chi connectivity index (χ3v) is 8.05. The average molecular weight is 577 g/mol. The molecule has 0 spiro atoms. The van der Waals surface area contributed by atoms with E-state index in [4.69, 9.17) is 0 Å². The van der Waals surface area contributed by atoms with Gasteiger partial charge >= 0.3 is 12.1 Å². The molecule has 0 radical (unpaired) electrons. The molecule has 3 aromatic rings. The molecule has 0 saturated carbocycles. The number of rotatable bonds is 9. The zero-order valence-electron chi connectivity index (χ0n) is 19.8. The number of benzene rings is 2. The van der Waals surface area contributed by atoms with Gasteiger partial charge in [-0.05, 0) is 49.2 Å². The van der Waals surface area contributed by atoms with Crippen LogP contribution in [0.4, 0.5) is 33.5 Å². The van der Waals surface area contributed by atoms with Crippen molar-refractivity contribution in [1.82, 2.24) is 9.88 Å². The SMILES string of the molecule is Cc1cc(NCc2ccccc2CN2CCC2)c(F)c(F)c1S(=O)(=O)N(OC(=O)C(F)(F)F)c1cscn1. The van der Waals surface area contributed by atoms with Crippen LogP contribution in [0, 0.1) is 18.6 Å². The Morgan fingerprint density at radius 2 is 1.87 bits per heavy atom. The van der Waals surface area contributed by atoms with Gasteiger partial charge in [0, 0.05) is 18.5 Å². The minimum Gasteiger partial charge on any atom is -0.378 e. The van der Waals surface area contributed by atoms with Crippen molar-refractivity contribution in [2.24, 2.45) is 0 Å². The maximum Gasteiger partial charge on any atom is 0.493 e. The monoisotopic (exact) mass is 576 g/mol. The molecule has 1 fully saturated rings. The summed E-state index contributed by atoms with van der Waals surface area (Å²) in [5.74, 6) is -7.06. The van der Waals surface area contributed by atoms with E-state index >= 15 is 8.78 Å².